The highest BCUT2D eigenvalue weighted by atomic mass is 16.5. The Bertz CT molecular complexity index is 267. The summed E-state index contributed by atoms with van der Waals surface area (Å²) in [5.74, 6) is -1.17. The van der Waals surface area contributed by atoms with Crippen molar-refractivity contribution in [3.05, 3.63) is 0 Å². The molecule has 1 N–H and O–H groups in total. The average Bonchev–Trinajstić information content (AvgIpc) is 2.57. The molecule has 92 valence electrons. The predicted molar refractivity (Wildman–Crippen MR) is 58.1 cm³/mol. The van der Waals surface area contributed by atoms with Gasteiger partial charge in [-0.15, -0.1) is 0 Å². The van der Waals surface area contributed by atoms with Gasteiger partial charge < -0.3 is 9.84 Å². The minimum absolute atomic E-state index is 0.268. The van der Waals surface area contributed by atoms with Crippen LogP contribution in [-0.2, 0) is 14.3 Å². The summed E-state index contributed by atoms with van der Waals surface area (Å²) in [6, 6.07) is -0.504. The van der Waals surface area contributed by atoms with Gasteiger partial charge in [-0.05, 0) is 13.0 Å². The summed E-state index contributed by atoms with van der Waals surface area (Å²) >= 11 is 0. The lowest BCUT2D eigenvalue weighted by molar-refractivity contribution is -0.146. The second kappa shape index (κ2) is 5.84. The number of ether oxygens (including phenoxy) is 1. The van der Waals surface area contributed by atoms with Crippen molar-refractivity contribution in [2.45, 2.75) is 45.3 Å². The highest BCUT2D eigenvalue weighted by Crippen LogP contribution is 2.21. The first-order valence-electron chi connectivity index (χ1n) is 5.68. The van der Waals surface area contributed by atoms with Crippen LogP contribution >= 0.6 is 0 Å². The van der Waals surface area contributed by atoms with Crippen LogP contribution in [0.4, 0.5) is 0 Å². The van der Waals surface area contributed by atoms with E-state index in [4.69, 9.17) is 9.84 Å². The number of rotatable bonds is 5. The molecule has 1 fully saturated rings. The van der Waals surface area contributed by atoms with Crippen LogP contribution in [0.1, 0.15) is 33.1 Å². The van der Waals surface area contributed by atoms with Crippen LogP contribution < -0.4 is 0 Å². The quantitative estimate of drug-likeness (QED) is 0.709. The molecule has 5 nitrogen and oxygen atoms in total. The third-order valence-electron chi connectivity index (χ3n) is 2.78. The van der Waals surface area contributed by atoms with Crippen molar-refractivity contribution in [1.82, 2.24) is 4.90 Å². The van der Waals surface area contributed by atoms with E-state index in [1.807, 2.05) is 4.90 Å². The highest BCUT2D eigenvalue weighted by molar-refractivity contribution is 5.74. The van der Waals surface area contributed by atoms with Crippen LogP contribution in [0.25, 0.3) is 0 Å². The Labute approximate surface area is 95.4 Å². The Balaban J connectivity index is 2.53. The van der Waals surface area contributed by atoms with E-state index in [9.17, 15) is 9.59 Å². The fourth-order valence-electron chi connectivity index (χ4n) is 2.05. The fraction of sp³-hybridized carbons (Fsp3) is 0.818. The van der Waals surface area contributed by atoms with Gasteiger partial charge in [0.25, 0.3) is 0 Å². The van der Waals surface area contributed by atoms with Gasteiger partial charge >= 0.3 is 11.9 Å². The molecule has 16 heavy (non-hydrogen) atoms. The molecule has 1 heterocycles. The number of unbranched alkanes of at least 4 members (excludes halogenated alkanes) is 1. The highest BCUT2D eigenvalue weighted by Gasteiger charge is 2.37. The number of hydrogen-bond donors (Lipinski definition) is 1. The molecule has 0 amide bonds. The lowest BCUT2D eigenvalue weighted by atomic mass is 10.2. The van der Waals surface area contributed by atoms with E-state index in [0.29, 0.717) is 13.0 Å². The molecule has 0 radical (unpaired) electrons. The van der Waals surface area contributed by atoms with Gasteiger partial charge in [-0.25, -0.2) is 0 Å². The lowest BCUT2D eigenvalue weighted by Gasteiger charge is -2.19. The van der Waals surface area contributed by atoms with Crippen molar-refractivity contribution in [2.24, 2.45) is 0 Å². The Morgan fingerprint density at radius 1 is 1.50 bits per heavy atom. The zero-order valence-corrected chi connectivity index (χ0v) is 9.81. The number of likely N-dealkylation sites (tertiary alicyclic amines) is 1. The van der Waals surface area contributed by atoms with Crippen molar-refractivity contribution in [3.63, 3.8) is 0 Å². The van der Waals surface area contributed by atoms with E-state index < -0.39 is 12.0 Å². The van der Waals surface area contributed by atoms with Gasteiger partial charge in [-0.1, -0.05) is 13.3 Å². The van der Waals surface area contributed by atoms with Gasteiger partial charge in [0.05, 0.1) is 0 Å². The van der Waals surface area contributed by atoms with Gasteiger partial charge in [-0.3, -0.25) is 14.5 Å². The SMILES string of the molecule is CCCCN1CC(OC(C)=O)CC1C(=O)O. The average molecular weight is 229 g/mol. The molecule has 2 atom stereocenters. The molecule has 0 aromatic carbocycles. The molecule has 1 aliphatic rings. The number of hydrogen-bond acceptors (Lipinski definition) is 4. The van der Waals surface area contributed by atoms with Crippen LogP contribution in [0.15, 0.2) is 0 Å². The summed E-state index contributed by atoms with van der Waals surface area (Å²) in [6.07, 6.45) is 2.13. The van der Waals surface area contributed by atoms with Crippen molar-refractivity contribution >= 4 is 11.9 Å². The van der Waals surface area contributed by atoms with Crippen LogP contribution in [0.5, 0.6) is 0 Å². The maximum Gasteiger partial charge on any atom is 0.321 e. The van der Waals surface area contributed by atoms with E-state index in [0.717, 1.165) is 19.4 Å². The second-order valence-corrected chi connectivity index (χ2v) is 4.17. The summed E-state index contributed by atoms with van der Waals surface area (Å²) in [6.45, 7) is 4.71. The smallest absolute Gasteiger partial charge is 0.321 e. The zero-order chi connectivity index (χ0) is 12.1. The molecular weight excluding hydrogens is 210 g/mol. The number of aliphatic carboxylic acids is 1. The van der Waals surface area contributed by atoms with Crippen molar-refractivity contribution < 1.29 is 19.4 Å². The van der Waals surface area contributed by atoms with Crippen LogP contribution in [0.3, 0.4) is 0 Å². The van der Waals surface area contributed by atoms with Crippen LogP contribution in [0.2, 0.25) is 0 Å². The van der Waals surface area contributed by atoms with E-state index in [2.05, 4.69) is 6.92 Å². The Morgan fingerprint density at radius 2 is 2.19 bits per heavy atom. The molecule has 1 rings (SSSR count). The van der Waals surface area contributed by atoms with Crippen LogP contribution in [0, 0.1) is 0 Å². The van der Waals surface area contributed by atoms with E-state index in [1.165, 1.54) is 6.92 Å². The minimum atomic E-state index is -0.828. The number of esters is 1. The van der Waals surface area contributed by atoms with Crippen molar-refractivity contribution in [2.75, 3.05) is 13.1 Å². The van der Waals surface area contributed by atoms with E-state index in [-0.39, 0.29) is 12.1 Å². The van der Waals surface area contributed by atoms with Gasteiger partial charge in [0, 0.05) is 19.9 Å². The monoisotopic (exact) mass is 229 g/mol. The first-order valence-corrected chi connectivity index (χ1v) is 5.68. The third-order valence-corrected chi connectivity index (χ3v) is 2.78. The molecule has 0 spiro atoms. The summed E-state index contributed by atoms with van der Waals surface area (Å²) in [5.41, 5.74) is 0. The summed E-state index contributed by atoms with van der Waals surface area (Å²) < 4.78 is 5.06. The van der Waals surface area contributed by atoms with Gasteiger partial charge in [0.1, 0.15) is 12.1 Å². The van der Waals surface area contributed by atoms with E-state index >= 15 is 0 Å². The largest absolute Gasteiger partial charge is 0.480 e. The summed E-state index contributed by atoms with van der Waals surface area (Å²) in [5, 5.41) is 9.05. The number of carboxylic acid groups (broad SMARTS) is 1. The topological polar surface area (TPSA) is 66.8 Å². The minimum Gasteiger partial charge on any atom is -0.480 e. The number of carbonyl (C=O) groups excluding carboxylic acids is 1. The first kappa shape index (κ1) is 13.0. The third kappa shape index (κ3) is 3.48. The van der Waals surface area contributed by atoms with Gasteiger partial charge in [0.15, 0.2) is 0 Å². The first-order chi connectivity index (χ1) is 7.54. The normalized spacial score (nSPS) is 25.6. The maximum atomic E-state index is 11.0. The number of nitrogens with zero attached hydrogens (tertiary/aromatic N) is 1. The lowest BCUT2D eigenvalue weighted by Crippen LogP contribution is -2.36. The standard InChI is InChI=1S/C11H19NO4/c1-3-4-5-12-7-9(16-8(2)13)6-10(12)11(14)15/h9-10H,3-7H2,1-2H3,(H,14,15). The Hall–Kier alpha value is -1.10. The number of carboxylic acids is 1. The Kier molecular flexibility index (Phi) is 4.73. The molecule has 2 unspecified atom stereocenters. The zero-order valence-electron chi connectivity index (χ0n) is 9.81. The molecule has 0 aromatic rings. The van der Waals surface area contributed by atoms with Crippen molar-refractivity contribution in [1.29, 1.82) is 0 Å². The summed E-state index contributed by atoms with van der Waals surface area (Å²) in [7, 11) is 0. The van der Waals surface area contributed by atoms with Crippen LogP contribution in [-0.4, -0.2) is 47.2 Å². The molecule has 0 saturated carbocycles. The molecular formula is C11H19NO4. The summed E-state index contributed by atoms with van der Waals surface area (Å²) in [4.78, 5) is 23.7. The van der Waals surface area contributed by atoms with Gasteiger partial charge in [-0.2, -0.15) is 0 Å². The molecule has 1 aliphatic heterocycles. The second-order valence-electron chi connectivity index (χ2n) is 4.17. The molecule has 0 bridgehead atoms. The molecule has 5 heteroatoms. The van der Waals surface area contributed by atoms with Crippen molar-refractivity contribution in [3.8, 4) is 0 Å². The fourth-order valence-corrected chi connectivity index (χ4v) is 2.05. The number of carbonyl (C=O) groups is 2. The van der Waals surface area contributed by atoms with Gasteiger partial charge in [0.2, 0.25) is 0 Å². The maximum absolute atomic E-state index is 11.0. The molecule has 0 aromatic heterocycles. The molecule has 1 saturated heterocycles. The Morgan fingerprint density at radius 3 is 2.69 bits per heavy atom. The van der Waals surface area contributed by atoms with E-state index in [1.54, 1.807) is 0 Å². The molecule has 0 aliphatic carbocycles. The predicted octanol–water partition coefficient (Wildman–Crippen LogP) is 0.877.